The average molecular weight is 409 g/mol. The minimum atomic E-state index is -0.151. The summed E-state index contributed by atoms with van der Waals surface area (Å²) in [5, 5.41) is 7.40. The Morgan fingerprint density at radius 1 is 1.00 bits per heavy atom. The zero-order valence-corrected chi connectivity index (χ0v) is 15.5. The molecule has 0 spiro atoms. The maximum absolute atomic E-state index is 12.7. The first-order valence-electron chi connectivity index (χ1n) is 7.71. The molecule has 122 valence electrons. The van der Waals surface area contributed by atoms with E-state index in [1.54, 1.807) is 0 Å². The number of fused-ring (bicyclic) bond motifs is 1. The number of rotatable bonds is 3. The quantitative estimate of drug-likeness (QED) is 0.453. The summed E-state index contributed by atoms with van der Waals surface area (Å²) in [6, 6.07) is 21.5. The third-order valence-corrected chi connectivity index (χ3v) is 5.13. The molecule has 1 heterocycles. The number of anilines is 1. The van der Waals surface area contributed by atoms with Crippen molar-refractivity contribution in [3.8, 4) is 11.3 Å². The van der Waals surface area contributed by atoms with Crippen LogP contribution in [0.3, 0.4) is 0 Å². The van der Waals surface area contributed by atoms with Crippen molar-refractivity contribution < 1.29 is 4.79 Å². The van der Waals surface area contributed by atoms with Crippen molar-refractivity contribution >= 4 is 49.1 Å². The highest BCUT2D eigenvalue weighted by atomic mass is 79.9. The number of carbonyl (C=O) groups excluding carboxylic acids is 1. The number of thiazole rings is 1. The maximum atomic E-state index is 12.7. The number of hydrogen-bond donors (Lipinski definition) is 1. The lowest BCUT2D eigenvalue weighted by Crippen LogP contribution is -2.12. The van der Waals surface area contributed by atoms with Crippen LogP contribution in [0.25, 0.3) is 22.0 Å². The minimum absolute atomic E-state index is 0.151. The van der Waals surface area contributed by atoms with Gasteiger partial charge in [-0.1, -0.05) is 64.5 Å². The average Bonchev–Trinajstić information content (AvgIpc) is 3.10. The van der Waals surface area contributed by atoms with Crippen LogP contribution in [0.5, 0.6) is 0 Å². The summed E-state index contributed by atoms with van der Waals surface area (Å²) in [5.41, 5.74) is 2.54. The summed E-state index contributed by atoms with van der Waals surface area (Å²) < 4.78 is 0.991. The van der Waals surface area contributed by atoms with Gasteiger partial charge in [-0.25, -0.2) is 4.98 Å². The van der Waals surface area contributed by atoms with Gasteiger partial charge in [-0.3, -0.25) is 10.1 Å². The second-order valence-corrected chi connectivity index (χ2v) is 7.30. The molecule has 0 bridgehead atoms. The van der Waals surface area contributed by atoms with Gasteiger partial charge in [-0.15, -0.1) is 11.3 Å². The SMILES string of the molecule is O=C(Nc1nc(-c2ccccc2)cs1)c1cccc2cc(Br)ccc12. The fourth-order valence-electron chi connectivity index (χ4n) is 2.69. The lowest BCUT2D eigenvalue weighted by Gasteiger charge is -2.06. The smallest absolute Gasteiger partial charge is 0.258 e. The van der Waals surface area contributed by atoms with Gasteiger partial charge in [0.15, 0.2) is 5.13 Å². The molecule has 4 rings (SSSR count). The lowest BCUT2D eigenvalue weighted by molar-refractivity contribution is 0.102. The molecule has 0 radical (unpaired) electrons. The fourth-order valence-corrected chi connectivity index (χ4v) is 3.78. The van der Waals surface area contributed by atoms with Gasteiger partial charge in [0.05, 0.1) is 5.69 Å². The van der Waals surface area contributed by atoms with Gasteiger partial charge in [0.1, 0.15) is 0 Å². The molecule has 0 aliphatic carbocycles. The van der Waals surface area contributed by atoms with Crippen molar-refractivity contribution in [1.82, 2.24) is 4.98 Å². The number of nitrogens with one attached hydrogen (secondary N) is 1. The summed E-state index contributed by atoms with van der Waals surface area (Å²) >= 11 is 4.89. The molecule has 3 nitrogen and oxygen atoms in total. The molecule has 1 N–H and O–H groups in total. The van der Waals surface area contributed by atoms with Crippen LogP contribution >= 0.6 is 27.3 Å². The minimum Gasteiger partial charge on any atom is -0.298 e. The maximum Gasteiger partial charge on any atom is 0.258 e. The van der Waals surface area contributed by atoms with E-state index in [2.05, 4.69) is 26.2 Å². The number of carbonyl (C=O) groups is 1. The highest BCUT2D eigenvalue weighted by Gasteiger charge is 2.13. The van der Waals surface area contributed by atoms with E-state index in [0.717, 1.165) is 26.5 Å². The molecule has 0 saturated heterocycles. The topological polar surface area (TPSA) is 42.0 Å². The van der Waals surface area contributed by atoms with Crippen LogP contribution in [0.2, 0.25) is 0 Å². The summed E-state index contributed by atoms with van der Waals surface area (Å²) in [4.78, 5) is 17.2. The predicted molar refractivity (Wildman–Crippen MR) is 107 cm³/mol. The monoisotopic (exact) mass is 408 g/mol. The molecule has 1 aromatic heterocycles. The Morgan fingerprint density at radius 3 is 2.68 bits per heavy atom. The second kappa shape index (κ2) is 6.78. The standard InChI is InChI=1S/C20H13BrN2OS/c21-15-9-10-16-14(11-15)7-4-8-17(16)19(24)23-20-22-18(12-25-20)13-5-2-1-3-6-13/h1-12H,(H,22,23,24). The molecular formula is C20H13BrN2OS. The number of benzene rings is 3. The molecule has 5 heteroatoms. The Bertz CT molecular complexity index is 1060. The summed E-state index contributed by atoms with van der Waals surface area (Å²) in [7, 11) is 0. The molecule has 1 amide bonds. The van der Waals surface area contributed by atoms with Gasteiger partial charge in [-0.2, -0.15) is 0 Å². The Balaban J connectivity index is 1.62. The first-order valence-corrected chi connectivity index (χ1v) is 9.38. The van der Waals surface area contributed by atoms with Crippen molar-refractivity contribution in [2.75, 3.05) is 5.32 Å². The first-order chi connectivity index (χ1) is 12.2. The summed E-state index contributed by atoms with van der Waals surface area (Å²) in [6.07, 6.45) is 0. The van der Waals surface area contributed by atoms with Gasteiger partial charge in [0.25, 0.3) is 5.91 Å². The van der Waals surface area contributed by atoms with Gasteiger partial charge >= 0.3 is 0 Å². The van der Waals surface area contributed by atoms with Crippen molar-refractivity contribution in [3.05, 3.63) is 82.1 Å². The molecule has 4 aromatic rings. The van der Waals surface area contributed by atoms with Gasteiger partial charge in [-0.05, 0) is 29.0 Å². The number of halogens is 1. The van der Waals surface area contributed by atoms with Gasteiger partial charge in [0.2, 0.25) is 0 Å². The Labute approximate surface area is 157 Å². The third-order valence-electron chi connectivity index (χ3n) is 3.88. The van der Waals surface area contributed by atoms with Crippen molar-refractivity contribution in [2.24, 2.45) is 0 Å². The lowest BCUT2D eigenvalue weighted by atomic mass is 10.0. The molecule has 0 atom stereocenters. The number of nitrogens with zero attached hydrogens (tertiary/aromatic N) is 1. The molecule has 0 unspecified atom stereocenters. The zero-order chi connectivity index (χ0) is 17.2. The van der Waals surface area contributed by atoms with Crippen molar-refractivity contribution in [2.45, 2.75) is 0 Å². The first kappa shape index (κ1) is 16.0. The van der Waals surface area contributed by atoms with E-state index in [-0.39, 0.29) is 5.91 Å². The van der Waals surface area contributed by atoms with Crippen LogP contribution < -0.4 is 5.32 Å². The highest BCUT2D eigenvalue weighted by molar-refractivity contribution is 9.10. The van der Waals surface area contributed by atoms with Crippen LogP contribution in [-0.4, -0.2) is 10.9 Å². The number of amides is 1. The molecule has 25 heavy (non-hydrogen) atoms. The molecule has 0 fully saturated rings. The molecule has 0 aliphatic rings. The van der Waals surface area contributed by atoms with Crippen LogP contribution in [0.15, 0.2) is 76.6 Å². The third kappa shape index (κ3) is 3.34. The van der Waals surface area contributed by atoms with Crippen molar-refractivity contribution in [1.29, 1.82) is 0 Å². The Morgan fingerprint density at radius 2 is 1.84 bits per heavy atom. The van der Waals surface area contributed by atoms with Gasteiger partial charge < -0.3 is 0 Å². The summed E-state index contributed by atoms with van der Waals surface area (Å²) in [5.74, 6) is -0.151. The second-order valence-electron chi connectivity index (χ2n) is 5.53. The van der Waals surface area contributed by atoms with Gasteiger partial charge in [0, 0.05) is 21.0 Å². The van der Waals surface area contributed by atoms with E-state index >= 15 is 0 Å². The zero-order valence-electron chi connectivity index (χ0n) is 13.1. The van der Waals surface area contributed by atoms with Crippen LogP contribution in [0.1, 0.15) is 10.4 Å². The molecule has 0 aliphatic heterocycles. The molecular weight excluding hydrogens is 396 g/mol. The van der Waals surface area contributed by atoms with Crippen molar-refractivity contribution in [3.63, 3.8) is 0 Å². The van der Waals surface area contributed by atoms with E-state index in [0.29, 0.717) is 10.7 Å². The Kier molecular flexibility index (Phi) is 4.34. The number of hydrogen-bond acceptors (Lipinski definition) is 3. The van der Waals surface area contributed by atoms with E-state index < -0.39 is 0 Å². The highest BCUT2D eigenvalue weighted by Crippen LogP contribution is 2.27. The fraction of sp³-hybridized carbons (Fsp3) is 0. The van der Waals surface area contributed by atoms with E-state index in [9.17, 15) is 4.79 Å². The van der Waals surface area contributed by atoms with Crippen LogP contribution in [0.4, 0.5) is 5.13 Å². The molecule has 0 saturated carbocycles. The van der Waals surface area contributed by atoms with E-state index in [1.807, 2.05) is 72.1 Å². The largest absolute Gasteiger partial charge is 0.298 e. The normalized spacial score (nSPS) is 10.8. The van der Waals surface area contributed by atoms with Crippen LogP contribution in [0, 0.1) is 0 Å². The van der Waals surface area contributed by atoms with E-state index in [4.69, 9.17) is 0 Å². The predicted octanol–water partition coefficient (Wildman–Crippen LogP) is 5.98. The number of aromatic nitrogens is 1. The Hall–Kier alpha value is -2.50. The van der Waals surface area contributed by atoms with E-state index in [1.165, 1.54) is 11.3 Å². The van der Waals surface area contributed by atoms with Crippen LogP contribution in [-0.2, 0) is 0 Å². The summed E-state index contributed by atoms with van der Waals surface area (Å²) in [6.45, 7) is 0. The molecule has 3 aromatic carbocycles.